The topological polar surface area (TPSA) is 191 Å². The number of carbonyl (C=O) groups is 4. The number of phenols is 1. The third kappa shape index (κ3) is 10.1. The van der Waals surface area contributed by atoms with E-state index in [1.807, 2.05) is 6.26 Å². The average molecular weight is 513 g/mol. The number of rotatable bonds is 14. The molecule has 1 rings (SSSR count). The van der Waals surface area contributed by atoms with Gasteiger partial charge in [-0.3, -0.25) is 14.4 Å². The number of benzene rings is 1. The Morgan fingerprint density at radius 1 is 0.943 bits per heavy atom. The fourth-order valence-electron chi connectivity index (χ4n) is 3.06. The molecule has 12 heteroatoms. The van der Waals surface area contributed by atoms with Gasteiger partial charge in [-0.25, -0.2) is 4.79 Å². The zero-order valence-corrected chi connectivity index (χ0v) is 21.2. The molecule has 35 heavy (non-hydrogen) atoms. The van der Waals surface area contributed by atoms with E-state index < -0.39 is 54.0 Å². The van der Waals surface area contributed by atoms with E-state index in [1.165, 1.54) is 30.8 Å². The number of hydrogen-bond donors (Lipinski definition) is 7. The van der Waals surface area contributed by atoms with Crippen LogP contribution in [0.1, 0.15) is 32.8 Å². The van der Waals surface area contributed by atoms with Gasteiger partial charge in [0.2, 0.25) is 17.7 Å². The number of amides is 3. The molecular weight excluding hydrogens is 476 g/mol. The highest BCUT2D eigenvalue weighted by molar-refractivity contribution is 7.98. The Morgan fingerprint density at radius 2 is 1.51 bits per heavy atom. The van der Waals surface area contributed by atoms with Crippen LogP contribution in [-0.4, -0.2) is 81.3 Å². The molecule has 0 aromatic heterocycles. The van der Waals surface area contributed by atoms with E-state index in [0.717, 1.165) is 0 Å². The molecule has 0 fully saturated rings. The third-order valence-corrected chi connectivity index (χ3v) is 5.96. The zero-order valence-electron chi connectivity index (χ0n) is 20.4. The predicted molar refractivity (Wildman–Crippen MR) is 133 cm³/mol. The molecule has 0 aliphatic rings. The summed E-state index contributed by atoms with van der Waals surface area (Å²) >= 11 is 1.43. The summed E-state index contributed by atoms with van der Waals surface area (Å²) in [5.74, 6) is -3.08. The first-order chi connectivity index (χ1) is 16.4. The van der Waals surface area contributed by atoms with Gasteiger partial charge in [0.05, 0.1) is 12.1 Å². The molecule has 1 aromatic carbocycles. The number of thioether (sulfide) groups is 1. The lowest BCUT2D eigenvalue weighted by Crippen LogP contribution is -2.60. The highest BCUT2D eigenvalue weighted by atomic mass is 32.2. The molecule has 0 aliphatic carbocycles. The summed E-state index contributed by atoms with van der Waals surface area (Å²) < 4.78 is 0. The van der Waals surface area contributed by atoms with Crippen LogP contribution in [-0.2, 0) is 25.6 Å². The molecule has 1 aromatic rings. The van der Waals surface area contributed by atoms with Crippen molar-refractivity contribution in [3.63, 3.8) is 0 Å². The van der Waals surface area contributed by atoms with Crippen LogP contribution in [0.3, 0.4) is 0 Å². The van der Waals surface area contributed by atoms with E-state index in [0.29, 0.717) is 11.3 Å². The Kier molecular flexibility index (Phi) is 12.5. The van der Waals surface area contributed by atoms with Crippen LogP contribution in [0.5, 0.6) is 5.75 Å². The van der Waals surface area contributed by atoms with Gasteiger partial charge in [0.1, 0.15) is 23.9 Å². The largest absolute Gasteiger partial charge is 0.508 e. The summed E-state index contributed by atoms with van der Waals surface area (Å²) in [6.07, 6.45) is 0.692. The molecule has 3 amide bonds. The minimum Gasteiger partial charge on any atom is -0.508 e. The number of aliphatic hydroxyl groups is 1. The van der Waals surface area contributed by atoms with Crippen LogP contribution < -0.4 is 21.7 Å². The zero-order chi connectivity index (χ0) is 26.7. The van der Waals surface area contributed by atoms with Gasteiger partial charge >= 0.3 is 5.97 Å². The van der Waals surface area contributed by atoms with Crippen LogP contribution in [0.2, 0.25) is 0 Å². The monoisotopic (exact) mass is 512 g/mol. The Hall–Kier alpha value is -2.83. The van der Waals surface area contributed by atoms with Crippen molar-refractivity contribution in [2.45, 2.75) is 63.9 Å². The lowest BCUT2D eigenvalue weighted by molar-refractivity contribution is -0.142. The summed E-state index contributed by atoms with van der Waals surface area (Å²) in [6.45, 7) is 4.80. The van der Waals surface area contributed by atoms with Crippen LogP contribution in [0.15, 0.2) is 24.3 Å². The summed E-state index contributed by atoms with van der Waals surface area (Å²) in [5.41, 5.74) is 6.40. The Labute approximate surface area is 209 Å². The van der Waals surface area contributed by atoms with E-state index in [9.17, 15) is 34.5 Å². The van der Waals surface area contributed by atoms with Crippen LogP contribution in [0.25, 0.3) is 0 Å². The number of carbonyl (C=O) groups excluding carboxylic acids is 3. The normalized spacial score (nSPS) is 15.4. The highest BCUT2D eigenvalue weighted by Gasteiger charge is 2.32. The fraction of sp³-hybridized carbons (Fsp3) is 0.565. The summed E-state index contributed by atoms with van der Waals surface area (Å²) in [7, 11) is 0. The van der Waals surface area contributed by atoms with E-state index in [4.69, 9.17) is 5.73 Å². The highest BCUT2D eigenvalue weighted by Crippen LogP contribution is 2.12. The molecular formula is C23H36N4O7S. The van der Waals surface area contributed by atoms with Gasteiger partial charge in [-0.05, 0) is 49.0 Å². The molecule has 0 saturated carbocycles. The van der Waals surface area contributed by atoms with Gasteiger partial charge in [-0.1, -0.05) is 26.0 Å². The van der Waals surface area contributed by atoms with Gasteiger partial charge in [0.15, 0.2) is 0 Å². The minimum atomic E-state index is -1.36. The third-order valence-electron chi connectivity index (χ3n) is 5.32. The van der Waals surface area contributed by atoms with Crippen molar-refractivity contribution in [1.29, 1.82) is 0 Å². The Bertz CT molecular complexity index is 864. The fourth-order valence-corrected chi connectivity index (χ4v) is 3.54. The standard InChI is InChI=1S/C23H36N4O7S/c1-12(2)18(24)21(31)27-19(13(3)28)22(32)25-16(9-10-35-4)20(30)26-17(23(33)34)11-14-5-7-15(29)8-6-14/h5-8,12-13,16-19,28-29H,9-11,24H2,1-4H3,(H,25,32)(H,26,30)(H,27,31)(H,33,34). The lowest BCUT2D eigenvalue weighted by Gasteiger charge is -2.27. The van der Waals surface area contributed by atoms with Crippen molar-refractivity contribution < 1.29 is 34.5 Å². The van der Waals surface area contributed by atoms with Crippen LogP contribution in [0.4, 0.5) is 0 Å². The molecule has 8 N–H and O–H groups in total. The SMILES string of the molecule is CSCCC(NC(=O)C(NC(=O)C(N)C(C)C)C(C)O)C(=O)NC(Cc1ccc(O)cc1)C(=O)O. The van der Waals surface area contributed by atoms with E-state index >= 15 is 0 Å². The predicted octanol–water partition coefficient (Wildman–Crippen LogP) is -0.409. The second-order valence-electron chi connectivity index (χ2n) is 8.61. The lowest BCUT2D eigenvalue weighted by atomic mass is 10.0. The van der Waals surface area contributed by atoms with Gasteiger partial charge in [-0.2, -0.15) is 11.8 Å². The van der Waals surface area contributed by atoms with Gasteiger partial charge in [0, 0.05) is 6.42 Å². The smallest absolute Gasteiger partial charge is 0.326 e. The number of aromatic hydroxyl groups is 1. The average Bonchev–Trinajstić information content (AvgIpc) is 2.79. The number of phenolic OH excluding ortho intramolecular Hbond substituents is 1. The molecule has 0 saturated heterocycles. The number of aliphatic hydroxyl groups excluding tert-OH is 1. The van der Waals surface area contributed by atoms with E-state index in [1.54, 1.807) is 26.0 Å². The number of carboxylic acids is 1. The maximum absolute atomic E-state index is 12.9. The second-order valence-corrected chi connectivity index (χ2v) is 9.59. The molecule has 196 valence electrons. The van der Waals surface area contributed by atoms with E-state index in [-0.39, 0.29) is 24.5 Å². The van der Waals surface area contributed by atoms with Crippen molar-refractivity contribution in [2.75, 3.05) is 12.0 Å². The number of hydrogen-bond acceptors (Lipinski definition) is 8. The molecule has 0 radical (unpaired) electrons. The maximum atomic E-state index is 12.9. The van der Waals surface area contributed by atoms with Crippen molar-refractivity contribution in [3.05, 3.63) is 29.8 Å². The minimum absolute atomic E-state index is 0.0265. The molecule has 0 bridgehead atoms. The molecule has 0 heterocycles. The number of nitrogens with one attached hydrogen (secondary N) is 3. The summed E-state index contributed by atoms with van der Waals surface area (Å²) in [6, 6.07) is 1.27. The Balaban J connectivity index is 2.97. The van der Waals surface area contributed by atoms with Crippen molar-refractivity contribution >= 4 is 35.5 Å². The molecule has 11 nitrogen and oxygen atoms in total. The summed E-state index contributed by atoms with van der Waals surface area (Å²) in [5, 5.41) is 36.4. The summed E-state index contributed by atoms with van der Waals surface area (Å²) in [4.78, 5) is 49.9. The molecule has 0 spiro atoms. The molecule has 0 aliphatic heterocycles. The Morgan fingerprint density at radius 3 is 2.00 bits per heavy atom. The number of nitrogens with two attached hydrogens (primary N) is 1. The van der Waals surface area contributed by atoms with E-state index in [2.05, 4.69) is 16.0 Å². The number of aliphatic carboxylic acids is 1. The van der Waals surface area contributed by atoms with Crippen LogP contribution in [0, 0.1) is 5.92 Å². The van der Waals surface area contributed by atoms with Gasteiger partial charge < -0.3 is 37.0 Å². The quantitative estimate of drug-likeness (QED) is 0.174. The van der Waals surface area contributed by atoms with Crippen molar-refractivity contribution in [1.82, 2.24) is 16.0 Å². The molecule has 5 unspecified atom stereocenters. The first-order valence-electron chi connectivity index (χ1n) is 11.2. The van der Waals surface area contributed by atoms with Crippen molar-refractivity contribution in [3.8, 4) is 5.75 Å². The van der Waals surface area contributed by atoms with Crippen molar-refractivity contribution in [2.24, 2.45) is 11.7 Å². The second kappa shape index (κ2) is 14.5. The molecule has 5 atom stereocenters. The van der Waals surface area contributed by atoms with Gasteiger partial charge in [-0.15, -0.1) is 0 Å². The first kappa shape index (κ1) is 30.2. The van der Waals surface area contributed by atoms with Gasteiger partial charge in [0.25, 0.3) is 0 Å². The maximum Gasteiger partial charge on any atom is 0.326 e. The van der Waals surface area contributed by atoms with Crippen LogP contribution >= 0.6 is 11.8 Å². The first-order valence-corrected chi connectivity index (χ1v) is 12.6. The number of carboxylic acid groups (broad SMARTS) is 1.